The highest BCUT2D eigenvalue weighted by Crippen LogP contribution is 2.76. The fourth-order valence-corrected chi connectivity index (χ4v) is 7.56. The minimum atomic E-state index is 0.389. The summed E-state index contributed by atoms with van der Waals surface area (Å²) in [5, 5.41) is 0. The van der Waals surface area contributed by atoms with Crippen LogP contribution >= 0.6 is 0 Å². The molecule has 0 saturated heterocycles. The standard InChI is InChI=1S/C21H34O/c1-11(2)20-9-17(20)13(5)7-15(20)19(22)16-8-14(6)18-10-21(16,18)12(3)4/h11-18H,7-10H2,1-6H3. The van der Waals surface area contributed by atoms with Crippen molar-refractivity contribution < 1.29 is 4.79 Å². The van der Waals surface area contributed by atoms with Crippen molar-refractivity contribution in [1.82, 2.24) is 0 Å². The highest BCUT2D eigenvalue weighted by Gasteiger charge is 2.73. The molecule has 4 rings (SSSR count). The Balaban J connectivity index is 1.63. The zero-order valence-corrected chi connectivity index (χ0v) is 15.4. The Kier molecular flexibility index (Phi) is 3.04. The molecule has 0 radical (unpaired) electrons. The van der Waals surface area contributed by atoms with E-state index in [-0.39, 0.29) is 0 Å². The number of fused-ring (bicyclic) bond motifs is 2. The third kappa shape index (κ3) is 1.59. The molecule has 124 valence electrons. The summed E-state index contributed by atoms with van der Waals surface area (Å²) in [6, 6.07) is 0. The maximum absolute atomic E-state index is 13.6. The lowest BCUT2D eigenvalue weighted by molar-refractivity contribution is -0.132. The second-order valence-corrected chi connectivity index (χ2v) is 10.1. The lowest BCUT2D eigenvalue weighted by atomic mass is 9.69. The molecule has 4 fully saturated rings. The van der Waals surface area contributed by atoms with Gasteiger partial charge in [-0.25, -0.2) is 0 Å². The highest BCUT2D eigenvalue weighted by molar-refractivity contribution is 5.87. The van der Waals surface area contributed by atoms with Gasteiger partial charge in [0, 0.05) is 11.8 Å². The van der Waals surface area contributed by atoms with Crippen LogP contribution in [0.1, 0.15) is 67.2 Å². The van der Waals surface area contributed by atoms with E-state index in [2.05, 4.69) is 41.5 Å². The normalized spacial score (nSPS) is 55.5. The van der Waals surface area contributed by atoms with Crippen LogP contribution in [-0.4, -0.2) is 5.78 Å². The van der Waals surface area contributed by atoms with Gasteiger partial charge in [-0.1, -0.05) is 41.5 Å². The Morgan fingerprint density at radius 3 is 1.45 bits per heavy atom. The Bertz CT molecular complexity index is 462. The lowest BCUT2D eigenvalue weighted by Crippen LogP contribution is -2.36. The number of rotatable bonds is 4. The van der Waals surface area contributed by atoms with Gasteiger partial charge in [0.05, 0.1) is 0 Å². The summed E-state index contributed by atoms with van der Waals surface area (Å²) in [6.07, 6.45) is 5.04. The second kappa shape index (κ2) is 4.39. The molecule has 8 unspecified atom stereocenters. The zero-order chi connectivity index (χ0) is 16.0. The fraction of sp³-hybridized carbons (Fsp3) is 0.952. The van der Waals surface area contributed by atoms with Crippen LogP contribution in [0.3, 0.4) is 0 Å². The van der Waals surface area contributed by atoms with Gasteiger partial charge in [0.2, 0.25) is 0 Å². The predicted octanol–water partition coefficient (Wildman–Crippen LogP) is 5.19. The lowest BCUT2D eigenvalue weighted by Gasteiger charge is -2.33. The summed E-state index contributed by atoms with van der Waals surface area (Å²) in [7, 11) is 0. The molecular formula is C21H34O. The minimum absolute atomic E-state index is 0.389. The van der Waals surface area contributed by atoms with Gasteiger partial charge in [-0.3, -0.25) is 4.79 Å². The zero-order valence-electron chi connectivity index (χ0n) is 15.4. The third-order valence-electron chi connectivity index (χ3n) is 8.93. The third-order valence-corrected chi connectivity index (χ3v) is 8.93. The number of Topliss-reactive ketones (excluding diaryl/α,β-unsaturated/α-hetero) is 1. The number of hydrogen-bond donors (Lipinski definition) is 0. The van der Waals surface area contributed by atoms with Gasteiger partial charge < -0.3 is 0 Å². The molecule has 1 heteroatoms. The molecule has 0 N–H and O–H groups in total. The van der Waals surface area contributed by atoms with Crippen molar-refractivity contribution >= 4 is 5.78 Å². The second-order valence-electron chi connectivity index (χ2n) is 10.1. The van der Waals surface area contributed by atoms with Crippen molar-refractivity contribution in [2.24, 2.45) is 58.2 Å². The van der Waals surface area contributed by atoms with Crippen molar-refractivity contribution in [3.8, 4) is 0 Å². The first-order valence-corrected chi connectivity index (χ1v) is 9.80. The number of carbonyl (C=O) groups excluding carboxylic acids is 1. The Morgan fingerprint density at radius 1 is 0.818 bits per heavy atom. The van der Waals surface area contributed by atoms with Crippen LogP contribution in [0.2, 0.25) is 0 Å². The Hall–Kier alpha value is -0.330. The minimum Gasteiger partial charge on any atom is -0.299 e. The average Bonchev–Trinajstić information content (AvgIpc) is 3.31. The molecule has 0 bridgehead atoms. The van der Waals surface area contributed by atoms with Crippen LogP contribution in [0, 0.1) is 58.2 Å². The molecule has 4 aliphatic rings. The van der Waals surface area contributed by atoms with E-state index in [0.717, 1.165) is 23.7 Å². The van der Waals surface area contributed by atoms with Crippen LogP contribution in [0.25, 0.3) is 0 Å². The summed E-state index contributed by atoms with van der Waals surface area (Å²) < 4.78 is 0. The van der Waals surface area contributed by atoms with Crippen molar-refractivity contribution in [3.05, 3.63) is 0 Å². The van der Waals surface area contributed by atoms with E-state index in [1.807, 2.05) is 0 Å². The van der Waals surface area contributed by atoms with E-state index in [9.17, 15) is 4.79 Å². The van der Waals surface area contributed by atoms with Gasteiger partial charge in [0.15, 0.2) is 0 Å². The molecule has 22 heavy (non-hydrogen) atoms. The van der Waals surface area contributed by atoms with Gasteiger partial charge in [-0.2, -0.15) is 0 Å². The molecule has 8 atom stereocenters. The molecule has 0 aromatic heterocycles. The SMILES string of the molecule is CC1CC(C(=O)C2CC(C)C3CC23C(C)C)C2(C(C)C)CC12. The van der Waals surface area contributed by atoms with Crippen LogP contribution in [-0.2, 0) is 4.79 Å². The fourth-order valence-electron chi connectivity index (χ4n) is 7.56. The maximum atomic E-state index is 13.6. The maximum Gasteiger partial charge on any atom is 0.140 e. The van der Waals surface area contributed by atoms with Gasteiger partial charge >= 0.3 is 0 Å². The highest BCUT2D eigenvalue weighted by atomic mass is 16.1. The van der Waals surface area contributed by atoms with Gasteiger partial charge in [0.1, 0.15) is 5.78 Å². The molecular weight excluding hydrogens is 268 g/mol. The Morgan fingerprint density at radius 2 is 1.18 bits per heavy atom. The van der Waals surface area contributed by atoms with E-state index in [1.165, 1.54) is 25.7 Å². The van der Waals surface area contributed by atoms with Crippen molar-refractivity contribution in [3.63, 3.8) is 0 Å². The van der Waals surface area contributed by atoms with E-state index in [1.54, 1.807) is 0 Å². The van der Waals surface area contributed by atoms with Crippen LogP contribution in [0.15, 0.2) is 0 Å². The van der Waals surface area contributed by atoms with Gasteiger partial charge in [0.25, 0.3) is 0 Å². The summed E-state index contributed by atoms with van der Waals surface area (Å²) in [6.45, 7) is 14.3. The van der Waals surface area contributed by atoms with Crippen molar-refractivity contribution in [2.45, 2.75) is 67.2 Å². The molecule has 0 aromatic carbocycles. The molecule has 0 amide bonds. The first-order chi connectivity index (χ1) is 10.3. The monoisotopic (exact) mass is 302 g/mol. The van der Waals surface area contributed by atoms with Crippen LogP contribution in [0.5, 0.6) is 0 Å². The van der Waals surface area contributed by atoms with E-state index < -0.39 is 0 Å². The number of carbonyl (C=O) groups is 1. The van der Waals surface area contributed by atoms with Crippen molar-refractivity contribution in [2.75, 3.05) is 0 Å². The predicted molar refractivity (Wildman–Crippen MR) is 90.3 cm³/mol. The molecule has 1 nitrogen and oxygen atoms in total. The topological polar surface area (TPSA) is 17.1 Å². The average molecular weight is 303 g/mol. The molecule has 0 spiro atoms. The van der Waals surface area contributed by atoms with E-state index in [0.29, 0.717) is 40.3 Å². The first-order valence-electron chi connectivity index (χ1n) is 9.80. The van der Waals surface area contributed by atoms with Crippen molar-refractivity contribution in [1.29, 1.82) is 0 Å². The molecule has 4 saturated carbocycles. The molecule has 0 aliphatic heterocycles. The summed E-state index contributed by atoms with van der Waals surface area (Å²) in [5.41, 5.74) is 0.787. The Labute approximate surface area is 136 Å². The van der Waals surface area contributed by atoms with Crippen LogP contribution < -0.4 is 0 Å². The summed E-state index contributed by atoms with van der Waals surface area (Å²) in [4.78, 5) is 13.6. The molecule has 0 heterocycles. The van der Waals surface area contributed by atoms with Gasteiger partial charge in [-0.05, 0) is 72.0 Å². The molecule has 0 aromatic rings. The number of hydrogen-bond acceptors (Lipinski definition) is 1. The first kappa shape index (κ1) is 15.2. The van der Waals surface area contributed by atoms with E-state index in [4.69, 9.17) is 0 Å². The van der Waals surface area contributed by atoms with Crippen LogP contribution in [0.4, 0.5) is 0 Å². The smallest absolute Gasteiger partial charge is 0.140 e. The quantitative estimate of drug-likeness (QED) is 0.698. The summed E-state index contributed by atoms with van der Waals surface area (Å²) in [5.74, 6) is 6.09. The molecule has 4 aliphatic carbocycles. The number of ketones is 1. The summed E-state index contributed by atoms with van der Waals surface area (Å²) >= 11 is 0. The van der Waals surface area contributed by atoms with Gasteiger partial charge in [-0.15, -0.1) is 0 Å². The largest absolute Gasteiger partial charge is 0.299 e. The van der Waals surface area contributed by atoms with E-state index >= 15 is 0 Å².